The second-order valence-electron chi connectivity index (χ2n) is 9.61. The van der Waals surface area contributed by atoms with Crippen molar-refractivity contribution in [2.24, 2.45) is 0 Å². The van der Waals surface area contributed by atoms with Gasteiger partial charge in [-0.3, -0.25) is 4.57 Å². The fourth-order valence-electron chi connectivity index (χ4n) is 5.08. The average Bonchev–Trinajstić information content (AvgIpc) is 3.67. The van der Waals surface area contributed by atoms with Crippen LogP contribution in [0.15, 0.2) is 53.5 Å². The molecule has 9 heteroatoms. The van der Waals surface area contributed by atoms with Gasteiger partial charge in [-0.25, -0.2) is 14.8 Å². The number of nitrogens with one attached hydrogen (secondary N) is 2. The Hall–Kier alpha value is -3.67. The highest BCUT2D eigenvalue weighted by atomic mass is 35.5. The molecule has 4 aromatic rings. The van der Waals surface area contributed by atoms with E-state index >= 15 is 0 Å². The normalized spacial score (nSPS) is 19.4. The van der Waals surface area contributed by atoms with Crippen LogP contribution >= 0.6 is 12.4 Å². The average molecular weight is 503 g/mol. The molecule has 3 aromatic heterocycles. The maximum Gasteiger partial charge on any atom is 0.326 e. The van der Waals surface area contributed by atoms with Gasteiger partial charge in [-0.05, 0) is 86.4 Å². The minimum absolute atomic E-state index is 0. The maximum atomic E-state index is 12.8. The molecule has 0 atom stereocenters. The number of benzene rings is 1. The minimum atomic E-state index is -0.272. The minimum Gasteiger partial charge on any atom is -0.393 e. The van der Waals surface area contributed by atoms with Gasteiger partial charge in [0.2, 0.25) is 0 Å². The third-order valence-corrected chi connectivity index (χ3v) is 7.09. The molecule has 0 bridgehead atoms. The molecule has 0 radical (unpaired) electrons. The van der Waals surface area contributed by atoms with E-state index in [2.05, 4.69) is 33.5 Å². The number of nitriles is 1. The van der Waals surface area contributed by atoms with Crippen molar-refractivity contribution in [2.45, 2.75) is 56.6 Å². The van der Waals surface area contributed by atoms with E-state index in [0.29, 0.717) is 36.0 Å². The van der Waals surface area contributed by atoms with E-state index in [1.54, 1.807) is 18.3 Å². The van der Waals surface area contributed by atoms with Gasteiger partial charge in [-0.1, -0.05) is 6.07 Å². The molecule has 0 unspecified atom stereocenters. The van der Waals surface area contributed by atoms with Gasteiger partial charge in [0.05, 0.1) is 34.5 Å². The first-order chi connectivity index (χ1) is 17.1. The number of aliphatic hydroxyl groups excluding tert-OH is 1. The third kappa shape index (κ3) is 4.72. The number of H-pyrrole nitrogens is 1. The first kappa shape index (κ1) is 24.0. The molecule has 1 aromatic carbocycles. The second kappa shape index (κ2) is 9.76. The van der Waals surface area contributed by atoms with Crippen molar-refractivity contribution in [3.05, 3.63) is 70.3 Å². The molecule has 3 N–H and O–H groups in total. The van der Waals surface area contributed by atoms with Crippen molar-refractivity contribution in [1.29, 1.82) is 5.26 Å². The lowest BCUT2D eigenvalue weighted by molar-refractivity contribution is 0.111. The zero-order valence-corrected chi connectivity index (χ0v) is 20.5. The van der Waals surface area contributed by atoms with Crippen molar-refractivity contribution in [2.75, 3.05) is 5.32 Å². The highest BCUT2D eigenvalue weighted by Crippen LogP contribution is 2.42. The van der Waals surface area contributed by atoms with E-state index in [-0.39, 0.29) is 30.2 Å². The molecule has 36 heavy (non-hydrogen) atoms. The van der Waals surface area contributed by atoms with Gasteiger partial charge in [-0.2, -0.15) is 5.26 Å². The zero-order chi connectivity index (χ0) is 23.9. The summed E-state index contributed by atoms with van der Waals surface area (Å²) < 4.78 is 1.85. The van der Waals surface area contributed by atoms with Crippen LogP contribution in [0.5, 0.6) is 0 Å². The van der Waals surface area contributed by atoms with Crippen molar-refractivity contribution >= 4 is 35.1 Å². The number of anilines is 2. The molecule has 8 nitrogen and oxygen atoms in total. The van der Waals surface area contributed by atoms with Gasteiger partial charge in [-0.15, -0.1) is 12.4 Å². The SMILES string of the molecule is Cl.N#Cc1ccnc(Nc2cc(C3CC3)cc(-c3ccc4[nH]c(=O)n(C5CCC(O)CC5)c4c3)n2)c1. The molecule has 6 rings (SSSR count). The smallest absolute Gasteiger partial charge is 0.326 e. The lowest BCUT2D eigenvalue weighted by Gasteiger charge is -2.26. The van der Waals surface area contributed by atoms with Gasteiger partial charge >= 0.3 is 5.69 Å². The zero-order valence-electron chi connectivity index (χ0n) is 19.6. The Morgan fingerprint density at radius 3 is 2.58 bits per heavy atom. The van der Waals surface area contributed by atoms with E-state index < -0.39 is 0 Å². The molecule has 184 valence electrons. The summed E-state index contributed by atoms with van der Waals surface area (Å²) in [7, 11) is 0. The fourth-order valence-corrected chi connectivity index (χ4v) is 5.08. The van der Waals surface area contributed by atoms with Crippen LogP contribution in [0.1, 0.15) is 61.6 Å². The first-order valence-electron chi connectivity index (χ1n) is 12.2. The van der Waals surface area contributed by atoms with E-state index in [4.69, 9.17) is 4.98 Å². The summed E-state index contributed by atoms with van der Waals surface area (Å²) in [4.78, 5) is 25.0. The number of fused-ring (bicyclic) bond motifs is 1. The Labute approximate surface area is 214 Å². The van der Waals surface area contributed by atoms with Gasteiger partial charge in [0, 0.05) is 17.8 Å². The molecule has 2 aliphatic rings. The number of imidazole rings is 1. The van der Waals surface area contributed by atoms with Crippen LogP contribution in [-0.4, -0.2) is 30.7 Å². The Balaban J connectivity index is 0.00000267. The number of hydrogen-bond donors (Lipinski definition) is 3. The largest absolute Gasteiger partial charge is 0.393 e. The Morgan fingerprint density at radius 1 is 1.03 bits per heavy atom. The third-order valence-electron chi connectivity index (χ3n) is 7.09. The van der Waals surface area contributed by atoms with Crippen LogP contribution in [0.2, 0.25) is 0 Å². The van der Waals surface area contributed by atoms with Crippen LogP contribution < -0.4 is 11.0 Å². The monoisotopic (exact) mass is 502 g/mol. The van der Waals surface area contributed by atoms with Crippen molar-refractivity contribution in [3.63, 3.8) is 0 Å². The number of hydrogen-bond acceptors (Lipinski definition) is 6. The van der Waals surface area contributed by atoms with Crippen LogP contribution in [0, 0.1) is 11.3 Å². The summed E-state index contributed by atoms with van der Waals surface area (Å²) in [5.74, 6) is 1.78. The van der Waals surface area contributed by atoms with E-state index in [1.807, 2.05) is 22.8 Å². The summed E-state index contributed by atoms with van der Waals surface area (Å²) in [6.07, 6.45) is 6.66. The molecular weight excluding hydrogens is 476 g/mol. The molecule has 2 fully saturated rings. The van der Waals surface area contributed by atoms with Crippen LogP contribution in [0.4, 0.5) is 11.6 Å². The number of rotatable bonds is 5. The molecule has 2 aliphatic carbocycles. The number of aliphatic hydroxyl groups is 1. The number of aromatic amines is 1. The van der Waals surface area contributed by atoms with Gasteiger partial charge in [0.1, 0.15) is 11.6 Å². The van der Waals surface area contributed by atoms with Crippen LogP contribution in [-0.2, 0) is 0 Å². The fraction of sp³-hybridized carbons (Fsp3) is 0.333. The number of nitrogens with zero attached hydrogens (tertiary/aromatic N) is 4. The summed E-state index contributed by atoms with van der Waals surface area (Å²) in [5.41, 5.74) is 5.09. The summed E-state index contributed by atoms with van der Waals surface area (Å²) in [5, 5.41) is 22.4. The summed E-state index contributed by atoms with van der Waals surface area (Å²) in [6, 6.07) is 15.8. The quantitative estimate of drug-likeness (QED) is 0.346. The van der Waals surface area contributed by atoms with Crippen molar-refractivity contribution in [3.8, 4) is 17.3 Å². The predicted molar refractivity (Wildman–Crippen MR) is 141 cm³/mol. The Kier molecular flexibility index (Phi) is 6.52. The molecule has 0 spiro atoms. The van der Waals surface area contributed by atoms with Gasteiger partial charge < -0.3 is 15.4 Å². The van der Waals surface area contributed by atoms with Crippen molar-refractivity contribution < 1.29 is 5.11 Å². The highest BCUT2D eigenvalue weighted by molar-refractivity contribution is 5.85. The van der Waals surface area contributed by atoms with Gasteiger partial charge in [0.15, 0.2) is 0 Å². The maximum absolute atomic E-state index is 12.8. The molecule has 0 aliphatic heterocycles. The predicted octanol–water partition coefficient (Wildman–Crippen LogP) is 5.18. The van der Waals surface area contributed by atoms with Crippen LogP contribution in [0.3, 0.4) is 0 Å². The molecule has 0 saturated heterocycles. The molecule has 2 saturated carbocycles. The summed E-state index contributed by atoms with van der Waals surface area (Å²) >= 11 is 0. The van der Waals surface area contributed by atoms with E-state index in [1.165, 1.54) is 5.56 Å². The molecular formula is C27H27ClN6O2. The number of pyridine rings is 2. The molecule has 0 amide bonds. The first-order valence-corrected chi connectivity index (χ1v) is 12.2. The number of aromatic nitrogens is 4. The highest BCUT2D eigenvalue weighted by Gasteiger charge is 2.26. The topological polar surface area (TPSA) is 120 Å². The van der Waals surface area contributed by atoms with E-state index in [9.17, 15) is 15.2 Å². The van der Waals surface area contributed by atoms with Gasteiger partial charge in [0.25, 0.3) is 0 Å². The Morgan fingerprint density at radius 2 is 1.83 bits per heavy atom. The second-order valence-corrected chi connectivity index (χ2v) is 9.61. The summed E-state index contributed by atoms with van der Waals surface area (Å²) in [6.45, 7) is 0. The standard InChI is InChI=1S/C27H26N6O2.ClH/c28-15-16-9-10-29-25(11-16)32-26-14-19(17-1-2-17)12-23(30-26)18-3-8-22-24(13-18)33(27(35)31-22)20-4-6-21(34)7-5-20;/h3,8-14,17,20-21,34H,1-2,4-7H2,(H,31,35)(H,29,30,32);1H. The van der Waals surface area contributed by atoms with Crippen molar-refractivity contribution in [1.82, 2.24) is 19.5 Å². The lowest BCUT2D eigenvalue weighted by Crippen LogP contribution is -2.27. The lowest BCUT2D eigenvalue weighted by atomic mass is 9.93. The molecule has 3 heterocycles. The van der Waals surface area contributed by atoms with Crippen LogP contribution in [0.25, 0.3) is 22.3 Å². The number of halogens is 1. The van der Waals surface area contributed by atoms with E-state index in [0.717, 1.165) is 48.0 Å². The Bertz CT molecular complexity index is 1510.